The highest BCUT2D eigenvalue weighted by molar-refractivity contribution is 7.16. The molecule has 2 unspecified atom stereocenters. The molecule has 3 heterocycles. The number of hydrogen-bond donors (Lipinski definition) is 1. The van der Waals surface area contributed by atoms with E-state index in [1.807, 2.05) is 4.52 Å². The van der Waals surface area contributed by atoms with Gasteiger partial charge in [-0.05, 0) is 25.7 Å². The topological polar surface area (TPSA) is 78.3 Å². The molecule has 0 spiro atoms. The number of rotatable bonds is 3. The zero-order valence-electron chi connectivity index (χ0n) is 12.1. The van der Waals surface area contributed by atoms with E-state index in [0.717, 1.165) is 28.6 Å². The molecule has 2 fully saturated rings. The average molecular weight is 307 g/mol. The van der Waals surface area contributed by atoms with Crippen LogP contribution in [0.4, 0.5) is 0 Å². The molecular formula is C14H21N5OS. The number of aromatic nitrogens is 4. The van der Waals surface area contributed by atoms with Gasteiger partial charge in [-0.3, -0.25) is 0 Å². The fraction of sp³-hybridized carbons (Fsp3) is 0.786. The standard InChI is InChI=1S/C14H21N5OS/c15-8-10-6-7-11(20-10)13-18-19-12(16-17-14(19)21-13)9-4-2-1-3-5-9/h9-11H,1-8,15H2. The summed E-state index contributed by atoms with van der Waals surface area (Å²) in [5.74, 6) is 1.56. The maximum absolute atomic E-state index is 5.94. The van der Waals surface area contributed by atoms with Crippen LogP contribution in [-0.4, -0.2) is 32.5 Å². The Morgan fingerprint density at radius 3 is 2.76 bits per heavy atom. The fourth-order valence-electron chi connectivity index (χ4n) is 3.45. The van der Waals surface area contributed by atoms with Crippen molar-refractivity contribution < 1.29 is 4.74 Å². The van der Waals surface area contributed by atoms with Gasteiger partial charge in [-0.1, -0.05) is 30.6 Å². The van der Waals surface area contributed by atoms with Crippen molar-refractivity contribution >= 4 is 16.3 Å². The molecule has 0 bridgehead atoms. The Morgan fingerprint density at radius 1 is 1.14 bits per heavy atom. The Kier molecular flexibility index (Phi) is 3.64. The van der Waals surface area contributed by atoms with Crippen molar-refractivity contribution in [2.45, 2.75) is 63.1 Å². The van der Waals surface area contributed by atoms with Gasteiger partial charge in [-0.25, -0.2) is 0 Å². The molecule has 0 radical (unpaired) electrons. The van der Waals surface area contributed by atoms with Crippen molar-refractivity contribution in [3.63, 3.8) is 0 Å². The maximum Gasteiger partial charge on any atom is 0.234 e. The van der Waals surface area contributed by atoms with Gasteiger partial charge >= 0.3 is 0 Å². The quantitative estimate of drug-likeness (QED) is 0.942. The van der Waals surface area contributed by atoms with E-state index in [1.165, 1.54) is 32.1 Å². The van der Waals surface area contributed by atoms with Gasteiger partial charge < -0.3 is 10.5 Å². The second-order valence-electron chi connectivity index (χ2n) is 6.09. The Balaban J connectivity index is 1.60. The Labute approximate surface area is 127 Å². The van der Waals surface area contributed by atoms with Crippen LogP contribution in [0.3, 0.4) is 0 Å². The van der Waals surface area contributed by atoms with Gasteiger partial charge in [0.1, 0.15) is 11.1 Å². The van der Waals surface area contributed by atoms with Crippen LogP contribution < -0.4 is 5.73 Å². The first-order chi connectivity index (χ1) is 10.3. The molecule has 2 N–H and O–H groups in total. The Morgan fingerprint density at radius 2 is 2.00 bits per heavy atom. The molecule has 0 amide bonds. The van der Waals surface area contributed by atoms with Gasteiger partial charge in [0.25, 0.3) is 0 Å². The van der Waals surface area contributed by atoms with E-state index in [2.05, 4.69) is 10.2 Å². The molecule has 1 aliphatic carbocycles. The molecule has 7 heteroatoms. The van der Waals surface area contributed by atoms with E-state index in [1.54, 1.807) is 11.3 Å². The lowest BCUT2D eigenvalue weighted by Crippen LogP contribution is -2.18. The lowest BCUT2D eigenvalue weighted by atomic mass is 9.89. The van der Waals surface area contributed by atoms with Gasteiger partial charge in [-0.2, -0.15) is 9.61 Å². The zero-order valence-corrected chi connectivity index (χ0v) is 12.9. The summed E-state index contributed by atoms with van der Waals surface area (Å²) in [5.41, 5.74) is 5.68. The highest BCUT2D eigenvalue weighted by Crippen LogP contribution is 2.36. The van der Waals surface area contributed by atoms with Crippen molar-refractivity contribution in [1.29, 1.82) is 0 Å². The minimum Gasteiger partial charge on any atom is -0.366 e. The first-order valence-corrected chi connectivity index (χ1v) is 8.74. The van der Waals surface area contributed by atoms with E-state index >= 15 is 0 Å². The monoisotopic (exact) mass is 307 g/mol. The van der Waals surface area contributed by atoms with Crippen molar-refractivity contribution in [3.05, 3.63) is 10.8 Å². The molecule has 2 atom stereocenters. The molecule has 1 saturated carbocycles. The molecule has 4 rings (SSSR count). The summed E-state index contributed by atoms with van der Waals surface area (Å²) in [7, 11) is 0. The summed E-state index contributed by atoms with van der Waals surface area (Å²) in [4.78, 5) is 0.894. The first kappa shape index (κ1) is 13.6. The van der Waals surface area contributed by atoms with Crippen LogP contribution in [0.5, 0.6) is 0 Å². The molecule has 0 aromatic carbocycles. The SMILES string of the molecule is NCC1CCC(c2nn3c(C4CCCCC4)nnc3s2)O1. The maximum atomic E-state index is 5.94. The summed E-state index contributed by atoms with van der Waals surface area (Å²) in [5, 5.41) is 14.5. The van der Waals surface area contributed by atoms with Crippen LogP contribution in [0.25, 0.3) is 4.96 Å². The van der Waals surface area contributed by atoms with Gasteiger partial charge in [-0.15, -0.1) is 10.2 Å². The molecule has 2 aromatic heterocycles. The van der Waals surface area contributed by atoms with Crippen LogP contribution in [0.15, 0.2) is 0 Å². The molecule has 21 heavy (non-hydrogen) atoms. The highest BCUT2D eigenvalue weighted by Gasteiger charge is 2.30. The molecule has 6 nitrogen and oxygen atoms in total. The van der Waals surface area contributed by atoms with E-state index in [9.17, 15) is 0 Å². The number of nitrogens with two attached hydrogens (primary N) is 1. The summed E-state index contributed by atoms with van der Waals surface area (Å²) in [6, 6.07) is 0. The predicted octanol–water partition coefficient (Wildman–Crippen LogP) is 2.41. The molecule has 1 saturated heterocycles. The third-order valence-corrected chi connectivity index (χ3v) is 5.64. The lowest BCUT2D eigenvalue weighted by Gasteiger charge is -2.18. The predicted molar refractivity (Wildman–Crippen MR) is 80.4 cm³/mol. The van der Waals surface area contributed by atoms with Crippen molar-refractivity contribution in [2.75, 3.05) is 6.54 Å². The van der Waals surface area contributed by atoms with Crippen LogP contribution in [0, 0.1) is 0 Å². The van der Waals surface area contributed by atoms with E-state index in [0.29, 0.717) is 12.5 Å². The number of ether oxygens (including phenoxy) is 1. The van der Waals surface area contributed by atoms with Crippen LogP contribution >= 0.6 is 11.3 Å². The van der Waals surface area contributed by atoms with E-state index < -0.39 is 0 Å². The Bertz CT molecular complexity index is 618. The fourth-order valence-corrected chi connectivity index (χ4v) is 4.37. The van der Waals surface area contributed by atoms with Gasteiger partial charge in [0.05, 0.1) is 6.10 Å². The molecule has 1 aliphatic heterocycles. The van der Waals surface area contributed by atoms with E-state index in [4.69, 9.17) is 15.6 Å². The Hall–Kier alpha value is -1.05. The van der Waals surface area contributed by atoms with Crippen LogP contribution in [-0.2, 0) is 4.74 Å². The summed E-state index contributed by atoms with van der Waals surface area (Å²) >= 11 is 1.60. The average Bonchev–Trinajstić information content (AvgIpc) is 3.22. The van der Waals surface area contributed by atoms with Crippen LogP contribution in [0.1, 0.15) is 67.8 Å². The molecule has 2 aliphatic rings. The van der Waals surface area contributed by atoms with Crippen molar-refractivity contribution in [1.82, 2.24) is 19.8 Å². The van der Waals surface area contributed by atoms with Gasteiger partial charge in [0.15, 0.2) is 5.82 Å². The second kappa shape index (κ2) is 5.62. The third-order valence-electron chi connectivity index (χ3n) is 4.65. The molecule has 2 aromatic rings. The van der Waals surface area contributed by atoms with Crippen molar-refractivity contribution in [3.8, 4) is 0 Å². The van der Waals surface area contributed by atoms with Gasteiger partial charge in [0, 0.05) is 12.5 Å². The van der Waals surface area contributed by atoms with E-state index in [-0.39, 0.29) is 12.2 Å². The largest absolute Gasteiger partial charge is 0.366 e. The third kappa shape index (κ3) is 2.47. The van der Waals surface area contributed by atoms with Gasteiger partial charge in [0.2, 0.25) is 4.96 Å². The number of hydrogen-bond acceptors (Lipinski definition) is 6. The van der Waals surface area contributed by atoms with Crippen LogP contribution in [0.2, 0.25) is 0 Å². The van der Waals surface area contributed by atoms with Crippen molar-refractivity contribution in [2.24, 2.45) is 5.73 Å². The summed E-state index contributed by atoms with van der Waals surface area (Å²) < 4.78 is 7.90. The summed E-state index contributed by atoms with van der Waals surface area (Å²) in [6.07, 6.45) is 8.65. The normalized spacial score (nSPS) is 27.7. The smallest absolute Gasteiger partial charge is 0.234 e. The minimum absolute atomic E-state index is 0.0875. The molecular weight excluding hydrogens is 286 g/mol. The number of fused-ring (bicyclic) bond motifs is 1. The first-order valence-electron chi connectivity index (χ1n) is 7.92. The minimum atomic E-state index is 0.0875. The highest BCUT2D eigenvalue weighted by atomic mass is 32.1. The lowest BCUT2D eigenvalue weighted by molar-refractivity contribution is 0.0492. The number of nitrogens with zero attached hydrogens (tertiary/aromatic N) is 4. The second-order valence-corrected chi connectivity index (χ2v) is 7.08. The summed E-state index contributed by atoms with van der Waals surface area (Å²) in [6.45, 7) is 0.591. The zero-order chi connectivity index (χ0) is 14.2. The molecule has 114 valence electrons.